The van der Waals surface area contributed by atoms with E-state index >= 15 is 0 Å². The Morgan fingerprint density at radius 1 is 0.969 bits per heavy atom. The van der Waals surface area contributed by atoms with Crippen LogP contribution in [0.3, 0.4) is 0 Å². The van der Waals surface area contributed by atoms with E-state index in [0.717, 1.165) is 39.2 Å². The summed E-state index contributed by atoms with van der Waals surface area (Å²) < 4.78 is 13.7. The molecule has 0 atom stereocenters. The van der Waals surface area contributed by atoms with E-state index < -0.39 is 0 Å². The van der Waals surface area contributed by atoms with Gasteiger partial charge in [-0.2, -0.15) is 10.1 Å². The largest absolute Gasteiger partial charge is 0.471 e. The molecule has 5 aromatic rings. The molecule has 0 amide bonds. The zero-order chi connectivity index (χ0) is 22.2. The van der Waals surface area contributed by atoms with Crippen LogP contribution in [0.2, 0.25) is 5.02 Å². The summed E-state index contributed by atoms with van der Waals surface area (Å²) in [5.74, 6) is 1.76. The average Bonchev–Trinajstić information content (AvgIpc) is 3.33. The summed E-state index contributed by atoms with van der Waals surface area (Å²) in [7, 11) is 0. The number of halogens is 1. The van der Waals surface area contributed by atoms with Crippen LogP contribution in [0.15, 0.2) is 65.1 Å². The summed E-state index contributed by atoms with van der Waals surface area (Å²) in [6, 6.07) is 19.3. The molecule has 0 N–H and O–H groups in total. The Hall–Kier alpha value is -3.64. The monoisotopic (exact) mass is 444 g/mol. The van der Waals surface area contributed by atoms with Crippen molar-refractivity contribution in [3.05, 3.63) is 88.4 Å². The molecule has 32 heavy (non-hydrogen) atoms. The number of aromatic nitrogens is 4. The molecule has 0 fully saturated rings. The van der Waals surface area contributed by atoms with E-state index in [2.05, 4.69) is 4.98 Å². The number of para-hydroxylation sites is 1. The number of hydrogen-bond acceptors (Lipinski definition) is 5. The van der Waals surface area contributed by atoms with Gasteiger partial charge in [-0.05, 0) is 62.7 Å². The van der Waals surface area contributed by atoms with Gasteiger partial charge in [-0.3, -0.25) is 0 Å². The lowest BCUT2D eigenvalue weighted by Crippen LogP contribution is -2.02. The molecule has 0 unspecified atom stereocenters. The molecule has 0 aliphatic carbocycles. The molecule has 0 saturated carbocycles. The molecular weight excluding hydrogens is 424 g/mol. The van der Waals surface area contributed by atoms with Crippen molar-refractivity contribution < 1.29 is 9.15 Å². The fourth-order valence-electron chi connectivity index (χ4n) is 3.72. The van der Waals surface area contributed by atoms with Crippen LogP contribution in [0.4, 0.5) is 0 Å². The molecular formula is C25H21ClN4O2. The van der Waals surface area contributed by atoms with E-state index in [1.165, 1.54) is 0 Å². The van der Waals surface area contributed by atoms with E-state index in [1.54, 1.807) is 0 Å². The molecule has 2 aromatic carbocycles. The smallest absolute Gasteiger partial charge is 0.226 e. The molecule has 0 aliphatic rings. The first kappa shape index (κ1) is 20.3. The first-order valence-electron chi connectivity index (χ1n) is 10.3. The standard InChI is InChI=1S/C25H21ClN4O2/c1-15-13-22(28-24-23(15)16(2)29-30(24)20-7-5-4-6-8-20)31-14-21-17(3)32-25(27-21)18-9-11-19(26)12-10-18/h4-13H,14H2,1-3H3. The van der Waals surface area contributed by atoms with Crippen LogP contribution >= 0.6 is 11.6 Å². The minimum atomic E-state index is 0.249. The lowest BCUT2D eigenvalue weighted by atomic mass is 10.2. The van der Waals surface area contributed by atoms with Crippen molar-refractivity contribution in [3.8, 4) is 23.0 Å². The Labute approximate surface area is 190 Å². The van der Waals surface area contributed by atoms with Crippen LogP contribution in [0.5, 0.6) is 5.88 Å². The number of hydrogen-bond donors (Lipinski definition) is 0. The molecule has 0 bridgehead atoms. The highest BCUT2D eigenvalue weighted by molar-refractivity contribution is 6.30. The number of aryl methyl sites for hydroxylation is 3. The van der Waals surface area contributed by atoms with Crippen LogP contribution < -0.4 is 4.74 Å². The average molecular weight is 445 g/mol. The van der Waals surface area contributed by atoms with Gasteiger partial charge >= 0.3 is 0 Å². The topological polar surface area (TPSA) is 66.0 Å². The maximum absolute atomic E-state index is 6.03. The summed E-state index contributed by atoms with van der Waals surface area (Å²) in [4.78, 5) is 9.36. The molecule has 0 radical (unpaired) electrons. The lowest BCUT2D eigenvalue weighted by molar-refractivity contribution is 0.288. The Morgan fingerprint density at radius 2 is 1.72 bits per heavy atom. The zero-order valence-corrected chi connectivity index (χ0v) is 18.7. The predicted molar refractivity (Wildman–Crippen MR) is 124 cm³/mol. The van der Waals surface area contributed by atoms with Crippen LogP contribution in [-0.2, 0) is 6.61 Å². The van der Waals surface area contributed by atoms with Gasteiger partial charge in [0.15, 0.2) is 5.65 Å². The third-order valence-electron chi connectivity index (χ3n) is 5.33. The van der Waals surface area contributed by atoms with Gasteiger partial charge < -0.3 is 9.15 Å². The van der Waals surface area contributed by atoms with Gasteiger partial charge in [0.05, 0.1) is 11.4 Å². The Balaban J connectivity index is 1.44. The Bertz CT molecular complexity index is 1410. The number of rotatable bonds is 5. The van der Waals surface area contributed by atoms with E-state index in [0.29, 0.717) is 22.6 Å². The van der Waals surface area contributed by atoms with Gasteiger partial charge in [0.2, 0.25) is 11.8 Å². The number of oxazole rings is 1. The molecule has 3 aromatic heterocycles. The van der Waals surface area contributed by atoms with Crippen molar-refractivity contribution >= 4 is 22.6 Å². The van der Waals surface area contributed by atoms with E-state index in [-0.39, 0.29) is 6.61 Å². The SMILES string of the molecule is Cc1oc(-c2ccc(Cl)cc2)nc1COc1cc(C)c2c(C)nn(-c3ccccc3)c2n1. The summed E-state index contributed by atoms with van der Waals surface area (Å²) in [5.41, 5.74) is 5.30. The maximum atomic E-state index is 6.03. The number of nitrogens with zero attached hydrogens (tertiary/aromatic N) is 4. The highest BCUT2D eigenvalue weighted by Crippen LogP contribution is 2.28. The van der Waals surface area contributed by atoms with Crippen molar-refractivity contribution in [1.82, 2.24) is 19.7 Å². The van der Waals surface area contributed by atoms with Crippen LogP contribution in [0.25, 0.3) is 28.2 Å². The molecule has 7 heteroatoms. The van der Waals surface area contributed by atoms with E-state index in [4.69, 9.17) is 30.8 Å². The molecule has 160 valence electrons. The van der Waals surface area contributed by atoms with Gasteiger partial charge in [-0.25, -0.2) is 9.67 Å². The number of fused-ring (bicyclic) bond motifs is 1. The highest BCUT2D eigenvalue weighted by atomic mass is 35.5. The Morgan fingerprint density at radius 3 is 2.47 bits per heavy atom. The molecule has 0 saturated heterocycles. The minimum Gasteiger partial charge on any atom is -0.471 e. The molecule has 6 nitrogen and oxygen atoms in total. The summed E-state index contributed by atoms with van der Waals surface area (Å²) in [6.07, 6.45) is 0. The van der Waals surface area contributed by atoms with Gasteiger partial charge in [0, 0.05) is 22.0 Å². The molecule has 0 aliphatic heterocycles. The third-order valence-corrected chi connectivity index (χ3v) is 5.58. The third kappa shape index (κ3) is 3.74. The number of ether oxygens (including phenoxy) is 1. The van der Waals surface area contributed by atoms with Crippen molar-refractivity contribution in [1.29, 1.82) is 0 Å². The normalized spacial score (nSPS) is 11.2. The molecule has 3 heterocycles. The fourth-order valence-corrected chi connectivity index (χ4v) is 3.84. The fraction of sp³-hybridized carbons (Fsp3) is 0.160. The quantitative estimate of drug-likeness (QED) is 0.321. The van der Waals surface area contributed by atoms with Crippen LogP contribution in [-0.4, -0.2) is 19.7 Å². The first-order valence-corrected chi connectivity index (χ1v) is 10.6. The number of pyridine rings is 1. The van der Waals surface area contributed by atoms with Crippen molar-refractivity contribution in [2.45, 2.75) is 27.4 Å². The van der Waals surface area contributed by atoms with Crippen molar-refractivity contribution in [3.63, 3.8) is 0 Å². The maximum Gasteiger partial charge on any atom is 0.226 e. The van der Waals surface area contributed by atoms with Gasteiger partial charge in [0.25, 0.3) is 0 Å². The van der Waals surface area contributed by atoms with Gasteiger partial charge in [0.1, 0.15) is 18.1 Å². The van der Waals surface area contributed by atoms with Crippen molar-refractivity contribution in [2.24, 2.45) is 0 Å². The van der Waals surface area contributed by atoms with Gasteiger partial charge in [-0.1, -0.05) is 29.8 Å². The van der Waals surface area contributed by atoms with Crippen molar-refractivity contribution in [2.75, 3.05) is 0 Å². The second-order valence-electron chi connectivity index (χ2n) is 7.63. The molecule has 5 rings (SSSR count). The molecule has 0 spiro atoms. The first-order chi connectivity index (χ1) is 15.5. The second kappa shape index (κ2) is 8.13. The van der Waals surface area contributed by atoms with Crippen LogP contribution in [0.1, 0.15) is 22.7 Å². The van der Waals surface area contributed by atoms with E-state index in [9.17, 15) is 0 Å². The van der Waals surface area contributed by atoms with Gasteiger partial charge in [-0.15, -0.1) is 0 Å². The lowest BCUT2D eigenvalue weighted by Gasteiger charge is -2.07. The van der Waals surface area contributed by atoms with Crippen LogP contribution in [0, 0.1) is 20.8 Å². The highest BCUT2D eigenvalue weighted by Gasteiger charge is 2.16. The zero-order valence-electron chi connectivity index (χ0n) is 18.0. The minimum absolute atomic E-state index is 0.249. The summed E-state index contributed by atoms with van der Waals surface area (Å²) >= 11 is 5.97. The Kier molecular flexibility index (Phi) is 5.15. The number of benzene rings is 2. The second-order valence-corrected chi connectivity index (χ2v) is 8.06. The predicted octanol–water partition coefficient (Wildman–Crippen LogP) is 6.23. The summed E-state index contributed by atoms with van der Waals surface area (Å²) in [6.45, 7) is 6.16. The van der Waals surface area contributed by atoms with E-state index in [1.807, 2.05) is 86.1 Å². The summed E-state index contributed by atoms with van der Waals surface area (Å²) in [5, 5.41) is 6.40.